The Hall–Kier alpha value is -1.06. The molecule has 0 radical (unpaired) electrons. The number of hydrogen-bond acceptors (Lipinski definition) is 6. The van der Waals surface area contributed by atoms with Crippen LogP contribution in [0.5, 0.6) is 0 Å². The molecule has 3 N–H and O–H groups in total. The summed E-state index contributed by atoms with van der Waals surface area (Å²) in [4.78, 5) is 11.7. The van der Waals surface area contributed by atoms with Gasteiger partial charge in [-0.1, -0.05) is 25.2 Å². The van der Waals surface area contributed by atoms with Crippen LogP contribution in [0.25, 0.3) is 0 Å². The number of primary sulfonamides is 1. The molecule has 1 rings (SSSR count). The lowest BCUT2D eigenvalue weighted by atomic mass is 10.2. The van der Waals surface area contributed by atoms with Crippen LogP contribution in [0.4, 0.5) is 0 Å². The Kier molecular flexibility index (Phi) is 4.54. The van der Waals surface area contributed by atoms with Crippen molar-refractivity contribution in [3.05, 3.63) is 5.01 Å². The van der Waals surface area contributed by atoms with Crippen LogP contribution in [0, 0.1) is 0 Å². The number of sulfonamides is 1. The van der Waals surface area contributed by atoms with Gasteiger partial charge in [0.25, 0.3) is 15.9 Å². The molecule has 0 bridgehead atoms. The molecule has 17 heavy (non-hydrogen) atoms. The van der Waals surface area contributed by atoms with Crippen LogP contribution in [-0.2, 0) is 10.0 Å². The average molecular weight is 278 g/mol. The molecule has 0 aliphatic heterocycles. The standard InChI is InChI=1S/C8H14N4O3S2/c1-3-5(4-2)10-6(13)7-11-12-8(16-7)17(9,14)15/h5H,3-4H2,1-2H3,(H,10,13)(H2,9,14,15). The highest BCUT2D eigenvalue weighted by Gasteiger charge is 2.20. The number of carbonyl (C=O) groups excluding carboxylic acids is 1. The fourth-order valence-electron chi connectivity index (χ4n) is 1.16. The van der Waals surface area contributed by atoms with Crippen molar-refractivity contribution in [3.8, 4) is 0 Å². The fraction of sp³-hybridized carbons (Fsp3) is 0.625. The quantitative estimate of drug-likeness (QED) is 0.792. The first kappa shape index (κ1) is 14.0. The van der Waals surface area contributed by atoms with Crippen molar-refractivity contribution in [2.24, 2.45) is 5.14 Å². The first-order valence-corrected chi connectivity index (χ1v) is 7.41. The van der Waals surface area contributed by atoms with Crippen LogP contribution in [-0.4, -0.2) is 30.6 Å². The Morgan fingerprint density at radius 2 is 2.00 bits per heavy atom. The maximum Gasteiger partial charge on any atom is 0.282 e. The number of nitrogens with zero attached hydrogens (tertiary/aromatic N) is 2. The van der Waals surface area contributed by atoms with Crippen LogP contribution in [0.15, 0.2) is 4.34 Å². The maximum atomic E-state index is 11.7. The normalized spacial score (nSPS) is 11.8. The van der Waals surface area contributed by atoms with Gasteiger partial charge in [0, 0.05) is 6.04 Å². The van der Waals surface area contributed by atoms with Gasteiger partial charge >= 0.3 is 0 Å². The lowest BCUT2D eigenvalue weighted by molar-refractivity contribution is 0.0933. The monoisotopic (exact) mass is 278 g/mol. The van der Waals surface area contributed by atoms with Crippen LogP contribution in [0.1, 0.15) is 36.5 Å². The van der Waals surface area contributed by atoms with Gasteiger partial charge in [0.05, 0.1) is 0 Å². The van der Waals surface area contributed by atoms with E-state index in [4.69, 9.17) is 5.14 Å². The molecule has 0 aromatic carbocycles. The third-order valence-corrected chi connectivity index (χ3v) is 4.40. The van der Waals surface area contributed by atoms with Crippen LogP contribution < -0.4 is 10.5 Å². The molecule has 0 spiro atoms. The van der Waals surface area contributed by atoms with Gasteiger partial charge < -0.3 is 5.32 Å². The highest BCUT2D eigenvalue weighted by molar-refractivity contribution is 7.91. The first-order valence-electron chi connectivity index (χ1n) is 5.05. The predicted octanol–water partition coefficient (Wildman–Crippen LogP) is 0.104. The topological polar surface area (TPSA) is 115 Å². The summed E-state index contributed by atoms with van der Waals surface area (Å²) < 4.78 is 21.6. The summed E-state index contributed by atoms with van der Waals surface area (Å²) >= 11 is 0.664. The largest absolute Gasteiger partial charge is 0.347 e. The molecule has 0 saturated heterocycles. The van der Waals surface area contributed by atoms with Crippen LogP contribution in [0.3, 0.4) is 0 Å². The van der Waals surface area contributed by atoms with Crippen molar-refractivity contribution < 1.29 is 13.2 Å². The number of amides is 1. The van der Waals surface area contributed by atoms with Gasteiger partial charge in [0.1, 0.15) is 0 Å². The van der Waals surface area contributed by atoms with Crippen molar-refractivity contribution in [2.45, 2.75) is 37.1 Å². The van der Waals surface area contributed by atoms with Crippen LogP contribution >= 0.6 is 11.3 Å². The molecule has 7 nitrogen and oxygen atoms in total. The van der Waals surface area contributed by atoms with Gasteiger partial charge in [-0.05, 0) is 12.8 Å². The Labute approximate surface area is 103 Å². The van der Waals surface area contributed by atoms with Gasteiger partial charge in [0.15, 0.2) is 0 Å². The molecule has 0 saturated carbocycles. The fourth-order valence-corrected chi connectivity index (χ4v) is 2.49. The van der Waals surface area contributed by atoms with E-state index in [-0.39, 0.29) is 15.4 Å². The summed E-state index contributed by atoms with van der Waals surface area (Å²) in [7, 11) is -3.89. The van der Waals surface area contributed by atoms with E-state index in [1.165, 1.54) is 0 Å². The van der Waals surface area contributed by atoms with Crippen molar-refractivity contribution >= 4 is 27.3 Å². The third kappa shape index (κ3) is 3.72. The molecular formula is C8H14N4O3S2. The number of hydrogen-bond donors (Lipinski definition) is 2. The second kappa shape index (κ2) is 5.52. The highest BCUT2D eigenvalue weighted by atomic mass is 32.2. The van der Waals surface area contributed by atoms with E-state index in [0.717, 1.165) is 12.8 Å². The molecule has 0 aliphatic rings. The smallest absolute Gasteiger partial charge is 0.282 e. The Morgan fingerprint density at radius 3 is 2.41 bits per heavy atom. The van der Waals surface area contributed by atoms with Gasteiger partial charge in [-0.25, -0.2) is 13.6 Å². The summed E-state index contributed by atoms with van der Waals surface area (Å²) in [5.41, 5.74) is 0. The molecule has 1 aromatic rings. The number of nitrogens with one attached hydrogen (secondary N) is 1. The lowest BCUT2D eigenvalue weighted by Crippen LogP contribution is -2.33. The zero-order chi connectivity index (χ0) is 13.1. The minimum Gasteiger partial charge on any atom is -0.347 e. The number of aromatic nitrogens is 2. The molecule has 1 aromatic heterocycles. The molecule has 0 atom stereocenters. The van der Waals surface area contributed by atoms with E-state index in [9.17, 15) is 13.2 Å². The summed E-state index contributed by atoms with van der Waals surface area (Å²) in [6.07, 6.45) is 1.59. The SMILES string of the molecule is CCC(CC)NC(=O)c1nnc(S(N)(=O)=O)s1. The summed E-state index contributed by atoms with van der Waals surface area (Å²) in [5.74, 6) is -0.425. The molecule has 0 unspecified atom stereocenters. The van der Waals surface area contributed by atoms with Crippen molar-refractivity contribution in [1.82, 2.24) is 15.5 Å². The number of rotatable bonds is 5. The zero-order valence-electron chi connectivity index (χ0n) is 9.50. The molecule has 1 heterocycles. The molecular weight excluding hydrogens is 264 g/mol. The maximum absolute atomic E-state index is 11.7. The van der Waals surface area contributed by atoms with E-state index < -0.39 is 15.9 Å². The second-order valence-corrected chi connectivity index (χ2v) is 6.12. The van der Waals surface area contributed by atoms with Gasteiger partial charge in [-0.2, -0.15) is 0 Å². The van der Waals surface area contributed by atoms with E-state index in [1.54, 1.807) is 0 Å². The Bertz CT molecular complexity index is 493. The molecule has 96 valence electrons. The van der Waals surface area contributed by atoms with Gasteiger partial charge in [-0.3, -0.25) is 4.79 Å². The predicted molar refractivity (Wildman–Crippen MR) is 63.1 cm³/mol. The first-order chi connectivity index (χ1) is 7.88. The Morgan fingerprint density at radius 1 is 1.41 bits per heavy atom. The zero-order valence-corrected chi connectivity index (χ0v) is 11.1. The van der Waals surface area contributed by atoms with E-state index >= 15 is 0 Å². The highest BCUT2D eigenvalue weighted by Crippen LogP contribution is 2.14. The number of nitrogens with two attached hydrogens (primary N) is 1. The molecule has 9 heteroatoms. The van der Waals surface area contributed by atoms with E-state index in [2.05, 4.69) is 15.5 Å². The minimum absolute atomic E-state index is 0.000856. The lowest BCUT2D eigenvalue weighted by Gasteiger charge is -2.12. The number of carbonyl (C=O) groups is 1. The van der Waals surface area contributed by atoms with Crippen molar-refractivity contribution in [3.63, 3.8) is 0 Å². The van der Waals surface area contributed by atoms with Crippen molar-refractivity contribution in [2.75, 3.05) is 0 Å². The van der Waals surface area contributed by atoms with E-state index in [1.807, 2.05) is 13.8 Å². The second-order valence-electron chi connectivity index (χ2n) is 3.41. The summed E-state index contributed by atoms with van der Waals surface area (Å²) in [6.45, 7) is 3.90. The molecule has 1 amide bonds. The van der Waals surface area contributed by atoms with Crippen molar-refractivity contribution in [1.29, 1.82) is 0 Å². The Balaban J connectivity index is 2.81. The molecule has 0 fully saturated rings. The minimum atomic E-state index is -3.89. The summed E-state index contributed by atoms with van der Waals surface area (Å²) in [6, 6.07) is 0.0457. The van der Waals surface area contributed by atoms with Gasteiger partial charge in [0.2, 0.25) is 9.35 Å². The van der Waals surface area contributed by atoms with Crippen LogP contribution in [0.2, 0.25) is 0 Å². The average Bonchev–Trinajstić information content (AvgIpc) is 2.74. The van der Waals surface area contributed by atoms with Gasteiger partial charge in [-0.15, -0.1) is 10.2 Å². The summed E-state index contributed by atoms with van der Waals surface area (Å²) in [5, 5.41) is 14.5. The molecule has 0 aliphatic carbocycles. The van der Waals surface area contributed by atoms with E-state index in [0.29, 0.717) is 11.3 Å². The third-order valence-electron chi connectivity index (χ3n) is 2.16.